The molecule has 0 amide bonds. The second-order valence-electron chi connectivity index (χ2n) is 7.11. The van der Waals surface area contributed by atoms with E-state index in [0.717, 1.165) is 22.9 Å². The Kier molecular flexibility index (Phi) is 7.48. The predicted octanol–water partition coefficient (Wildman–Crippen LogP) is 1.43. The number of nitrogens with one attached hydrogen (secondary N) is 1. The molecule has 0 saturated carbocycles. The summed E-state index contributed by atoms with van der Waals surface area (Å²) in [5, 5.41) is 20.0. The van der Waals surface area contributed by atoms with Gasteiger partial charge in [-0.3, -0.25) is 19.0 Å². The molecule has 0 atom stereocenters. The molecule has 0 fully saturated rings. The highest BCUT2D eigenvalue weighted by Gasteiger charge is 2.18. The molecule has 15 nitrogen and oxygen atoms in total. The lowest BCUT2D eigenvalue weighted by atomic mass is 10.3. The van der Waals surface area contributed by atoms with E-state index in [1.165, 1.54) is 31.2 Å². The van der Waals surface area contributed by atoms with Crippen LogP contribution in [-0.4, -0.2) is 61.6 Å². The molecule has 36 heavy (non-hydrogen) atoms. The molecular formula is C18H18N4O11S3. The van der Waals surface area contributed by atoms with Crippen LogP contribution in [0.5, 0.6) is 5.75 Å². The van der Waals surface area contributed by atoms with Gasteiger partial charge in [0.25, 0.3) is 15.7 Å². The van der Waals surface area contributed by atoms with E-state index in [1.807, 2.05) is 0 Å². The van der Waals surface area contributed by atoms with E-state index in [1.54, 1.807) is 0 Å². The first-order valence-electron chi connectivity index (χ1n) is 9.57. The van der Waals surface area contributed by atoms with Gasteiger partial charge in [0.1, 0.15) is 11.4 Å². The van der Waals surface area contributed by atoms with Crippen LogP contribution in [0.1, 0.15) is 5.69 Å². The van der Waals surface area contributed by atoms with Gasteiger partial charge < -0.3 is 5.11 Å². The van der Waals surface area contributed by atoms with Gasteiger partial charge in [0.2, 0.25) is 0 Å². The average molecular weight is 563 g/mol. The Morgan fingerprint density at radius 3 is 2.14 bits per heavy atom. The third-order valence-corrected chi connectivity index (χ3v) is 7.59. The minimum absolute atomic E-state index is 0.199. The first-order chi connectivity index (χ1) is 16.6. The number of phenols is 1. The Hall–Kier alpha value is -3.42. The average Bonchev–Trinajstić information content (AvgIpc) is 3.05. The van der Waals surface area contributed by atoms with Crippen molar-refractivity contribution in [2.45, 2.75) is 16.7 Å². The summed E-state index contributed by atoms with van der Waals surface area (Å²) in [6, 6.07) is 7.69. The fourth-order valence-corrected chi connectivity index (χ4v) is 4.84. The number of rotatable bonds is 9. The summed E-state index contributed by atoms with van der Waals surface area (Å²) in [6.45, 7) is 0.685. The number of aromatic hydroxyl groups is 1. The van der Waals surface area contributed by atoms with Gasteiger partial charge in [-0.1, -0.05) is 0 Å². The standard InChI is InChI=1S/C18H18N4O11S3/c1-11-17(20-19-15-10-14(35(27,28)29)6-7-16(15)23)18(24)22(21-11)12-2-4-13(5-3-12)34(25,26)9-8-33-36(30,31)32/h2-7,10,21,23H,8-9H2,1H3,(H,27,28,29)(H,30,31,32). The molecule has 0 radical (unpaired) electrons. The molecule has 1 heterocycles. The predicted molar refractivity (Wildman–Crippen MR) is 123 cm³/mol. The van der Waals surface area contributed by atoms with Gasteiger partial charge in [-0.2, -0.15) is 16.8 Å². The molecule has 18 heteroatoms. The highest BCUT2D eigenvalue weighted by Crippen LogP contribution is 2.30. The van der Waals surface area contributed by atoms with Crippen molar-refractivity contribution in [3.05, 3.63) is 58.5 Å². The largest absolute Gasteiger partial charge is 0.506 e. The van der Waals surface area contributed by atoms with Crippen molar-refractivity contribution in [3.8, 4) is 11.4 Å². The fourth-order valence-electron chi connectivity index (χ4n) is 2.85. The van der Waals surface area contributed by atoms with Crippen LogP contribution < -0.4 is 5.56 Å². The van der Waals surface area contributed by atoms with E-state index in [4.69, 9.17) is 9.11 Å². The molecule has 0 unspecified atom stereocenters. The zero-order valence-electron chi connectivity index (χ0n) is 18.1. The van der Waals surface area contributed by atoms with E-state index in [2.05, 4.69) is 19.5 Å². The zero-order valence-corrected chi connectivity index (χ0v) is 20.6. The van der Waals surface area contributed by atoms with Crippen LogP contribution in [-0.2, 0) is 34.5 Å². The summed E-state index contributed by atoms with van der Waals surface area (Å²) in [5.41, 5.74) is -0.809. The maximum absolute atomic E-state index is 12.8. The van der Waals surface area contributed by atoms with Crippen LogP contribution in [0.15, 0.2) is 67.3 Å². The number of H-pyrrole nitrogens is 1. The lowest BCUT2D eigenvalue weighted by Crippen LogP contribution is -2.16. The summed E-state index contributed by atoms with van der Waals surface area (Å²) >= 11 is 0. The van der Waals surface area contributed by atoms with E-state index < -0.39 is 58.9 Å². The molecular weight excluding hydrogens is 544 g/mol. The van der Waals surface area contributed by atoms with Gasteiger partial charge in [-0.05, 0) is 49.4 Å². The SMILES string of the molecule is Cc1[nH]n(-c2ccc(S(=O)(=O)CCOS(=O)(=O)O)cc2)c(=O)c1N=Nc1cc(S(=O)(=O)O)ccc1O. The lowest BCUT2D eigenvalue weighted by molar-refractivity contribution is 0.284. The molecule has 3 aromatic rings. The smallest absolute Gasteiger partial charge is 0.397 e. The molecule has 0 spiro atoms. The normalized spacial score (nSPS) is 12.9. The van der Waals surface area contributed by atoms with Gasteiger partial charge in [-0.25, -0.2) is 17.3 Å². The molecule has 0 aliphatic heterocycles. The van der Waals surface area contributed by atoms with Crippen molar-refractivity contribution < 1.29 is 43.6 Å². The van der Waals surface area contributed by atoms with E-state index in [-0.39, 0.29) is 27.7 Å². The van der Waals surface area contributed by atoms with Crippen molar-refractivity contribution in [2.75, 3.05) is 12.4 Å². The second-order valence-corrected chi connectivity index (χ2v) is 11.7. The quantitative estimate of drug-likeness (QED) is 0.215. The van der Waals surface area contributed by atoms with E-state index in [9.17, 15) is 35.2 Å². The van der Waals surface area contributed by atoms with E-state index >= 15 is 0 Å². The minimum Gasteiger partial charge on any atom is -0.506 e. The van der Waals surface area contributed by atoms with Crippen molar-refractivity contribution >= 4 is 41.7 Å². The number of azo groups is 1. The number of phenolic OH excluding ortho intramolecular Hbond substituents is 1. The third-order valence-electron chi connectivity index (χ3n) is 4.58. The van der Waals surface area contributed by atoms with E-state index in [0.29, 0.717) is 0 Å². The number of hydrogen-bond donors (Lipinski definition) is 4. The van der Waals surface area contributed by atoms with Crippen molar-refractivity contribution in [3.63, 3.8) is 0 Å². The highest BCUT2D eigenvalue weighted by molar-refractivity contribution is 7.91. The monoisotopic (exact) mass is 562 g/mol. The number of aromatic amines is 1. The number of hydrogen-bond acceptors (Lipinski definition) is 11. The number of nitrogens with zero attached hydrogens (tertiary/aromatic N) is 3. The summed E-state index contributed by atoms with van der Waals surface area (Å²) in [5.74, 6) is -1.19. The molecule has 0 bridgehead atoms. The summed E-state index contributed by atoms with van der Waals surface area (Å²) in [4.78, 5) is 12.1. The fraction of sp³-hybridized carbons (Fsp3) is 0.167. The van der Waals surface area contributed by atoms with Gasteiger partial charge in [0.05, 0.1) is 33.5 Å². The van der Waals surface area contributed by atoms with Crippen LogP contribution in [0.2, 0.25) is 0 Å². The second kappa shape index (κ2) is 9.91. The molecule has 3 rings (SSSR count). The Labute approximate surface area is 204 Å². The number of sulfone groups is 1. The van der Waals surface area contributed by atoms with Gasteiger partial charge in [-0.15, -0.1) is 10.2 Å². The molecule has 0 aliphatic rings. The Balaban J connectivity index is 1.87. The molecule has 4 N–H and O–H groups in total. The molecule has 1 aromatic heterocycles. The highest BCUT2D eigenvalue weighted by atomic mass is 32.3. The van der Waals surface area contributed by atoms with Crippen molar-refractivity contribution in [1.82, 2.24) is 9.78 Å². The number of benzene rings is 2. The number of aryl methyl sites for hydroxylation is 1. The van der Waals surface area contributed by atoms with Gasteiger partial charge in [0, 0.05) is 0 Å². The first-order valence-corrected chi connectivity index (χ1v) is 14.0. The van der Waals surface area contributed by atoms with Crippen LogP contribution in [0.3, 0.4) is 0 Å². The topological polar surface area (TPSA) is 235 Å². The molecule has 0 saturated heterocycles. The molecule has 194 valence electrons. The van der Waals surface area contributed by atoms with Crippen LogP contribution in [0.25, 0.3) is 5.69 Å². The Morgan fingerprint density at radius 1 is 0.944 bits per heavy atom. The minimum atomic E-state index is -4.79. The van der Waals surface area contributed by atoms with Crippen LogP contribution >= 0.6 is 0 Å². The summed E-state index contributed by atoms with van der Waals surface area (Å²) in [7, 11) is -13.3. The Bertz CT molecular complexity index is 1700. The first kappa shape index (κ1) is 27.2. The molecule has 0 aliphatic carbocycles. The summed E-state index contributed by atoms with van der Waals surface area (Å²) < 4.78 is 91.0. The number of aromatic nitrogens is 2. The van der Waals surface area contributed by atoms with Crippen LogP contribution in [0.4, 0.5) is 11.4 Å². The molecule has 2 aromatic carbocycles. The zero-order chi connectivity index (χ0) is 26.9. The van der Waals surface area contributed by atoms with Gasteiger partial charge >= 0.3 is 10.4 Å². The summed E-state index contributed by atoms with van der Waals surface area (Å²) in [6.07, 6.45) is 0. The van der Waals surface area contributed by atoms with Crippen molar-refractivity contribution in [1.29, 1.82) is 0 Å². The maximum atomic E-state index is 12.8. The Morgan fingerprint density at radius 2 is 1.56 bits per heavy atom. The van der Waals surface area contributed by atoms with Gasteiger partial charge in [0.15, 0.2) is 15.5 Å². The lowest BCUT2D eigenvalue weighted by Gasteiger charge is -2.06. The van der Waals surface area contributed by atoms with Crippen LogP contribution in [0, 0.1) is 6.92 Å². The van der Waals surface area contributed by atoms with Crippen molar-refractivity contribution in [2.24, 2.45) is 10.2 Å². The third kappa shape index (κ3) is 6.42. The maximum Gasteiger partial charge on any atom is 0.397 e.